The summed E-state index contributed by atoms with van der Waals surface area (Å²) in [4.78, 5) is 25.2. The van der Waals surface area contributed by atoms with E-state index in [0.717, 1.165) is 103 Å². The molecule has 0 aliphatic carbocycles. The predicted octanol–water partition coefficient (Wildman–Crippen LogP) is 16.1. The maximum Gasteiger partial charge on any atom is 0.268 e. The number of carbonyl (C=O) groups is 1. The summed E-state index contributed by atoms with van der Waals surface area (Å²) in [6, 6.07) is -0.908. The van der Waals surface area contributed by atoms with E-state index in [1.807, 2.05) is 27.2 Å². The third kappa shape index (κ3) is 52.5. The standard InChI is InChI=1S/C61H103N2O6P/c1-6-8-10-12-14-15-16-17-18-19-20-21-22-23-24-25-26-27-28-29-30-31-32-33-34-35-36-37-38-39-40-41-42-43-44-45-46-47-49-51-53-55-61(65)62-59(60(64)54-52-50-48-13-11-9-7-2)58-69-70(66,67)68-57-56-63(3,4)5/h8,10-11,13-15,17-18,20-21,23-24,26-27,29-30,32-33,35-36,52,54,59-60,64H,6-7,9,12,16,19,22,25,28,31,34,37-51,53,55-58H2,1-5H3,(H-,62,65,66,67)/b10-8-,13-11+,15-14-,18-17-,21-20-,24-23-,27-26-,30-29-,33-32-,36-35-,54-52+. The zero-order valence-electron chi connectivity index (χ0n) is 45.2. The molecule has 0 rings (SSSR count). The van der Waals surface area contributed by atoms with Crippen LogP contribution in [-0.2, 0) is 18.4 Å². The van der Waals surface area contributed by atoms with Crippen molar-refractivity contribution in [3.63, 3.8) is 0 Å². The van der Waals surface area contributed by atoms with Crippen molar-refractivity contribution in [1.82, 2.24) is 5.32 Å². The molecule has 70 heavy (non-hydrogen) atoms. The molecule has 0 fully saturated rings. The maximum atomic E-state index is 12.8. The van der Waals surface area contributed by atoms with E-state index >= 15 is 0 Å². The van der Waals surface area contributed by atoms with Gasteiger partial charge in [-0.3, -0.25) is 9.36 Å². The summed E-state index contributed by atoms with van der Waals surface area (Å²) in [6.07, 6.45) is 77.2. The van der Waals surface area contributed by atoms with Gasteiger partial charge in [-0.2, -0.15) is 0 Å². The molecule has 3 unspecified atom stereocenters. The molecule has 0 aromatic carbocycles. The average Bonchev–Trinajstić information content (AvgIpc) is 3.32. The smallest absolute Gasteiger partial charge is 0.268 e. The van der Waals surface area contributed by atoms with E-state index in [9.17, 15) is 19.4 Å². The van der Waals surface area contributed by atoms with Gasteiger partial charge in [-0.15, -0.1) is 0 Å². The van der Waals surface area contributed by atoms with Crippen molar-refractivity contribution in [1.29, 1.82) is 0 Å². The Hall–Kier alpha value is -3.36. The van der Waals surface area contributed by atoms with Crippen LogP contribution in [0.3, 0.4) is 0 Å². The Morgan fingerprint density at radius 3 is 1.31 bits per heavy atom. The van der Waals surface area contributed by atoms with Gasteiger partial charge in [0.15, 0.2) is 0 Å². The fourth-order valence-electron chi connectivity index (χ4n) is 7.05. The zero-order chi connectivity index (χ0) is 51.3. The monoisotopic (exact) mass is 991 g/mol. The van der Waals surface area contributed by atoms with Crippen LogP contribution in [-0.4, -0.2) is 68.5 Å². The van der Waals surface area contributed by atoms with E-state index in [2.05, 4.69) is 141 Å². The van der Waals surface area contributed by atoms with Gasteiger partial charge in [0.05, 0.1) is 39.9 Å². The van der Waals surface area contributed by atoms with Gasteiger partial charge >= 0.3 is 0 Å². The Labute approximate surface area is 430 Å². The van der Waals surface area contributed by atoms with Gasteiger partial charge in [0.2, 0.25) is 5.91 Å². The third-order valence-corrected chi connectivity index (χ3v) is 12.3. The molecule has 8 nitrogen and oxygen atoms in total. The van der Waals surface area contributed by atoms with Gasteiger partial charge in [0.25, 0.3) is 7.82 Å². The van der Waals surface area contributed by atoms with E-state index in [1.165, 1.54) is 70.6 Å². The van der Waals surface area contributed by atoms with Gasteiger partial charge in [-0.05, 0) is 96.3 Å². The minimum Gasteiger partial charge on any atom is -0.756 e. The number of allylic oxidation sites excluding steroid dienone is 21. The highest BCUT2D eigenvalue weighted by Gasteiger charge is 2.23. The molecule has 9 heteroatoms. The molecule has 0 heterocycles. The first-order chi connectivity index (χ1) is 34.0. The third-order valence-electron chi connectivity index (χ3n) is 11.3. The van der Waals surface area contributed by atoms with Crippen molar-refractivity contribution < 1.29 is 32.9 Å². The van der Waals surface area contributed by atoms with Crippen molar-refractivity contribution in [2.45, 2.75) is 206 Å². The van der Waals surface area contributed by atoms with Gasteiger partial charge in [0, 0.05) is 6.42 Å². The Morgan fingerprint density at radius 1 is 0.514 bits per heavy atom. The summed E-state index contributed by atoms with van der Waals surface area (Å²) in [6.45, 7) is 4.37. The number of aliphatic hydroxyl groups excluding tert-OH is 1. The molecular formula is C61H103N2O6P. The molecule has 3 atom stereocenters. The van der Waals surface area contributed by atoms with Gasteiger partial charge < -0.3 is 28.8 Å². The first-order valence-electron chi connectivity index (χ1n) is 27.5. The Morgan fingerprint density at radius 2 is 0.886 bits per heavy atom. The number of likely N-dealkylation sites (N-methyl/N-ethyl adjacent to an activating group) is 1. The van der Waals surface area contributed by atoms with Crippen LogP contribution in [0.5, 0.6) is 0 Å². The first kappa shape index (κ1) is 66.6. The number of aliphatic hydroxyl groups is 1. The van der Waals surface area contributed by atoms with Crippen LogP contribution in [0.1, 0.15) is 194 Å². The molecule has 0 aliphatic heterocycles. The second kappa shape index (κ2) is 50.6. The van der Waals surface area contributed by atoms with Gasteiger partial charge in [0.1, 0.15) is 13.2 Å². The van der Waals surface area contributed by atoms with Crippen LogP contribution in [0.15, 0.2) is 134 Å². The minimum atomic E-state index is -4.60. The normalized spacial score (nSPS) is 15.0. The van der Waals surface area contributed by atoms with Crippen molar-refractivity contribution in [3.8, 4) is 0 Å². The van der Waals surface area contributed by atoms with E-state index in [0.29, 0.717) is 17.4 Å². The van der Waals surface area contributed by atoms with E-state index < -0.39 is 26.6 Å². The molecule has 398 valence electrons. The molecule has 0 aromatic rings. The molecule has 2 N–H and O–H groups in total. The van der Waals surface area contributed by atoms with E-state index in [4.69, 9.17) is 9.05 Å². The lowest BCUT2D eigenvalue weighted by Gasteiger charge is -2.29. The highest BCUT2D eigenvalue weighted by Crippen LogP contribution is 2.38. The lowest BCUT2D eigenvalue weighted by atomic mass is 10.0. The number of hydrogen-bond donors (Lipinski definition) is 2. The molecule has 0 radical (unpaired) electrons. The molecule has 0 aliphatic rings. The second-order valence-electron chi connectivity index (χ2n) is 19.2. The largest absolute Gasteiger partial charge is 0.756 e. The van der Waals surface area contributed by atoms with Crippen molar-refractivity contribution in [2.24, 2.45) is 0 Å². The fraction of sp³-hybridized carbons (Fsp3) is 0.623. The number of nitrogens with one attached hydrogen (secondary N) is 1. The Balaban J connectivity index is 3.93. The lowest BCUT2D eigenvalue weighted by molar-refractivity contribution is -0.870. The molecule has 0 aromatic heterocycles. The summed E-state index contributed by atoms with van der Waals surface area (Å²) >= 11 is 0. The van der Waals surface area contributed by atoms with Crippen LogP contribution in [0.25, 0.3) is 0 Å². The number of nitrogens with zero attached hydrogens (tertiary/aromatic N) is 1. The number of rotatable bonds is 48. The maximum absolute atomic E-state index is 12.8. The van der Waals surface area contributed by atoms with E-state index in [1.54, 1.807) is 6.08 Å². The Kier molecular flexibility index (Phi) is 48.1. The molecule has 0 saturated heterocycles. The minimum absolute atomic E-state index is 0.0127. The summed E-state index contributed by atoms with van der Waals surface area (Å²) < 4.78 is 23.1. The lowest BCUT2D eigenvalue weighted by Crippen LogP contribution is -2.45. The molecular weight excluding hydrogens is 888 g/mol. The SMILES string of the molecule is CC/C=C\C/C=C\C/C=C\C/C=C\C/C=C\C/C=C\C/C=C\C/C=C\C/C=C\CCCCCCCCCCCCCCCC(=O)NC(COP(=O)([O-])OCC[N+](C)(C)C)C(O)/C=C/CC/C=C/CCC. The van der Waals surface area contributed by atoms with Crippen molar-refractivity contribution in [2.75, 3.05) is 40.9 Å². The van der Waals surface area contributed by atoms with Crippen molar-refractivity contribution >= 4 is 13.7 Å². The number of phosphoric ester groups is 1. The van der Waals surface area contributed by atoms with Crippen molar-refractivity contribution in [3.05, 3.63) is 134 Å². The summed E-state index contributed by atoms with van der Waals surface area (Å²) in [7, 11) is 1.22. The zero-order valence-corrected chi connectivity index (χ0v) is 46.1. The molecule has 0 saturated carbocycles. The number of unbranched alkanes of at least 4 members (excludes halogenated alkanes) is 15. The van der Waals surface area contributed by atoms with Gasteiger partial charge in [-0.1, -0.05) is 225 Å². The van der Waals surface area contributed by atoms with Crippen LogP contribution in [0.2, 0.25) is 0 Å². The van der Waals surface area contributed by atoms with Crippen LogP contribution >= 0.6 is 7.82 Å². The number of carbonyl (C=O) groups excluding carboxylic acids is 1. The summed E-state index contributed by atoms with van der Waals surface area (Å²) in [5.41, 5.74) is 0. The Bertz CT molecular complexity index is 1590. The topological polar surface area (TPSA) is 108 Å². The number of phosphoric acid groups is 1. The molecule has 1 amide bonds. The van der Waals surface area contributed by atoms with Crippen LogP contribution < -0.4 is 10.2 Å². The number of amides is 1. The highest BCUT2D eigenvalue weighted by atomic mass is 31.2. The molecule has 0 spiro atoms. The number of quaternary nitrogens is 1. The van der Waals surface area contributed by atoms with Gasteiger partial charge in [-0.25, -0.2) is 0 Å². The predicted molar refractivity (Wildman–Crippen MR) is 302 cm³/mol. The fourth-order valence-corrected chi connectivity index (χ4v) is 7.77. The second-order valence-corrected chi connectivity index (χ2v) is 20.6. The quantitative estimate of drug-likeness (QED) is 0.0272. The van der Waals surface area contributed by atoms with E-state index in [-0.39, 0.29) is 12.5 Å². The molecule has 0 bridgehead atoms. The van der Waals surface area contributed by atoms with Crippen LogP contribution in [0, 0.1) is 0 Å². The van der Waals surface area contributed by atoms with Crippen LogP contribution in [0.4, 0.5) is 0 Å². The number of hydrogen-bond acceptors (Lipinski definition) is 6. The highest BCUT2D eigenvalue weighted by molar-refractivity contribution is 7.45. The summed E-state index contributed by atoms with van der Waals surface area (Å²) in [5.74, 6) is -0.220. The first-order valence-corrected chi connectivity index (χ1v) is 29.0. The summed E-state index contributed by atoms with van der Waals surface area (Å²) in [5, 5.41) is 13.7. The average molecular weight is 991 g/mol.